The molecule has 30 heavy (non-hydrogen) atoms. The molecule has 0 N–H and O–H groups in total. The van der Waals surface area contributed by atoms with Crippen LogP contribution in [0.2, 0.25) is 0 Å². The largest absolute Gasteiger partial charge is 0.444 e. The van der Waals surface area contributed by atoms with Crippen molar-refractivity contribution in [1.29, 1.82) is 0 Å². The summed E-state index contributed by atoms with van der Waals surface area (Å²) in [5.74, 6) is 2.91. The van der Waals surface area contributed by atoms with Crippen LogP contribution in [0, 0.1) is 13.8 Å². The predicted octanol–water partition coefficient (Wildman–Crippen LogP) is 3.52. The predicted molar refractivity (Wildman–Crippen MR) is 116 cm³/mol. The Morgan fingerprint density at radius 1 is 1.13 bits per heavy atom. The van der Waals surface area contributed by atoms with Crippen LogP contribution in [0.5, 0.6) is 0 Å². The van der Waals surface area contributed by atoms with Crippen LogP contribution in [-0.4, -0.2) is 57.8 Å². The topological polar surface area (TPSA) is 75.6 Å². The summed E-state index contributed by atoms with van der Waals surface area (Å²) in [4.78, 5) is 21.4. The molecule has 0 bridgehead atoms. The van der Waals surface area contributed by atoms with Gasteiger partial charge in [0.15, 0.2) is 0 Å². The third-order valence-corrected chi connectivity index (χ3v) is 6.28. The van der Waals surface area contributed by atoms with Gasteiger partial charge in [0.25, 0.3) is 0 Å². The summed E-state index contributed by atoms with van der Waals surface area (Å²) in [5.41, 5.74) is 3.90. The highest BCUT2D eigenvalue weighted by atomic mass is 32.2. The first-order valence-electron chi connectivity index (χ1n) is 10.1. The number of benzene rings is 1. The quantitative estimate of drug-likeness (QED) is 0.572. The van der Waals surface area contributed by atoms with Crippen molar-refractivity contribution in [2.24, 2.45) is 0 Å². The zero-order valence-electron chi connectivity index (χ0n) is 17.3. The number of nitrogens with zero attached hydrogens (tertiary/aromatic N) is 4. The van der Waals surface area contributed by atoms with E-state index in [1.165, 1.54) is 0 Å². The third-order valence-electron chi connectivity index (χ3n) is 5.34. The van der Waals surface area contributed by atoms with Crippen LogP contribution in [-0.2, 0) is 17.1 Å². The molecule has 8 heteroatoms. The van der Waals surface area contributed by atoms with Crippen LogP contribution in [0.4, 0.5) is 0 Å². The Hall–Kier alpha value is -2.58. The van der Waals surface area contributed by atoms with Gasteiger partial charge in [-0.15, -0.1) is 11.8 Å². The van der Waals surface area contributed by atoms with Gasteiger partial charge in [-0.3, -0.25) is 9.69 Å². The Kier molecular flexibility index (Phi) is 6.54. The molecule has 1 fully saturated rings. The summed E-state index contributed by atoms with van der Waals surface area (Å²) in [5, 5.41) is 3.96. The normalized spacial score (nSPS) is 14.9. The average Bonchev–Trinajstić information content (AvgIpc) is 3.36. The van der Waals surface area contributed by atoms with Crippen molar-refractivity contribution in [2.75, 3.05) is 31.9 Å². The molecule has 3 aromatic rings. The standard InChI is InChI=1S/C22H26N4O3S/c1-16-20(17(2)29-24-16)14-30-15-21(27)26-10-8-25(9-11-26)12-19-13-28-22(23-19)18-6-4-3-5-7-18/h3-7,13H,8-12,14-15H2,1-2H3. The zero-order chi connectivity index (χ0) is 20.9. The molecule has 7 nitrogen and oxygen atoms in total. The molecule has 0 unspecified atom stereocenters. The maximum atomic E-state index is 12.5. The van der Waals surface area contributed by atoms with Crippen molar-refractivity contribution < 1.29 is 13.7 Å². The van der Waals surface area contributed by atoms with Crippen molar-refractivity contribution in [3.05, 3.63) is 59.3 Å². The molecule has 2 aromatic heterocycles. The minimum absolute atomic E-state index is 0.194. The van der Waals surface area contributed by atoms with E-state index in [1.807, 2.05) is 49.1 Å². The van der Waals surface area contributed by atoms with E-state index in [4.69, 9.17) is 8.94 Å². The highest BCUT2D eigenvalue weighted by Crippen LogP contribution is 2.21. The van der Waals surface area contributed by atoms with Crippen LogP contribution >= 0.6 is 11.8 Å². The lowest BCUT2D eigenvalue weighted by Gasteiger charge is -2.34. The molecule has 1 aliphatic heterocycles. The first-order valence-corrected chi connectivity index (χ1v) is 11.2. The number of aryl methyl sites for hydroxylation is 2. The fourth-order valence-electron chi connectivity index (χ4n) is 3.52. The van der Waals surface area contributed by atoms with E-state index in [-0.39, 0.29) is 5.91 Å². The molecule has 0 spiro atoms. The molecule has 4 rings (SSSR count). The van der Waals surface area contributed by atoms with E-state index in [0.29, 0.717) is 11.6 Å². The van der Waals surface area contributed by atoms with E-state index in [1.54, 1.807) is 18.0 Å². The lowest BCUT2D eigenvalue weighted by atomic mass is 10.2. The molecule has 1 saturated heterocycles. The average molecular weight is 427 g/mol. The molecule has 0 atom stereocenters. The second-order valence-corrected chi connectivity index (χ2v) is 8.45. The van der Waals surface area contributed by atoms with E-state index >= 15 is 0 Å². The maximum absolute atomic E-state index is 12.5. The van der Waals surface area contributed by atoms with Gasteiger partial charge in [-0.05, 0) is 26.0 Å². The fourth-order valence-corrected chi connectivity index (χ4v) is 4.59. The number of hydrogen-bond donors (Lipinski definition) is 0. The summed E-state index contributed by atoms with van der Waals surface area (Å²) < 4.78 is 10.8. The van der Waals surface area contributed by atoms with Crippen molar-refractivity contribution in [3.8, 4) is 11.5 Å². The Bertz CT molecular complexity index is 958. The van der Waals surface area contributed by atoms with Gasteiger partial charge in [-0.25, -0.2) is 4.98 Å². The van der Waals surface area contributed by atoms with Crippen LogP contribution in [0.25, 0.3) is 11.5 Å². The molecule has 0 aliphatic carbocycles. The van der Waals surface area contributed by atoms with E-state index in [2.05, 4.69) is 15.0 Å². The Morgan fingerprint density at radius 3 is 2.60 bits per heavy atom. The van der Waals surface area contributed by atoms with Crippen LogP contribution < -0.4 is 0 Å². The number of aromatic nitrogens is 2. The second-order valence-electron chi connectivity index (χ2n) is 7.46. The Balaban J connectivity index is 1.21. The van der Waals surface area contributed by atoms with Crippen molar-refractivity contribution in [2.45, 2.75) is 26.1 Å². The number of amides is 1. The van der Waals surface area contributed by atoms with E-state index in [0.717, 1.165) is 66.8 Å². The number of carbonyl (C=O) groups is 1. The number of oxazole rings is 1. The molecule has 3 heterocycles. The minimum Gasteiger partial charge on any atom is -0.444 e. The Morgan fingerprint density at radius 2 is 1.90 bits per heavy atom. The van der Waals surface area contributed by atoms with Crippen LogP contribution in [0.15, 0.2) is 45.5 Å². The van der Waals surface area contributed by atoms with Gasteiger partial charge < -0.3 is 13.8 Å². The van der Waals surface area contributed by atoms with Gasteiger partial charge in [0.2, 0.25) is 11.8 Å². The monoisotopic (exact) mass is 426 g/mol. The first kappa shape index (κ1) is 20.7. The number of rotatable bonds is 7. The van der Waals surface area contributed by atoms with Gasteiger partial charge in [0.1, 0.15) is 12.0 Å². The summed E-state index contributed by atoms with van der Waals surface area (Å²) in [6, 6.07) is 9.90. The number of hydrogen-bond acceptors (Lipinski definition) is 7. The van der Waals surface area contributed by atoms with Crippen LogP contribution in [0.3, 0.4) is 0 Å². The molecular weight excluding hydrogens is 400 g/mol. The molecule has 1 aromatic carbocycles. The van der Waals surface area contributed by atoms with E-state index < -0.39 is 0 Å². The van der Waals surface area contributed by atoms with Gasteiger partial charge in [-0.1, -0.05) is 23.4 Å². The molecule has 1 aliphatic rings. The van der Waals surface area contributed by atoms with Gasteiger partial charge in [0, 0.05) is 49.6 Å². The summed E-state index contributed by atoms with van der Waals surface area (Å²) in [7, 11) is 0. The number of carbonyl (C=O) groups excluding carboxylic acids is 1. The SMILES string of the molecule is Cc1noc(C)c1CSCC(=O)N1CCN(Cc2coc(-c3ccccc3)n2)CC1. The summed E-state index contributed by atoms with van der Waals surface area (Å²) >= 11 is 1.62. The van der Waals surface area contributed by atoms with E-state index in [9.17, 15) is 4.79 Å². The lowest BCUT2D eigenvalue weighted by molar-refractivity contribution is -0.130. The minimum atomic E-state index is 0.194. The van der Waals surface area contributed by atoms with Crippen molar-refractivity contribution in [1.82, 2.24) is 19.9 Å². The highest BCUT2D eigenvalue weighted by Gasteiger charge is 2.22. The number of thioether (sulfide) groups is 1. The van der Waals surface area contributed by atoms with Gasteiger partial charge >= 0.3 is 0 Å². The first-order chi connectivity index (χ1) is 14.6. The molecule has 0 radical (unpaired) electrons. The molecule has 0 saturated carbocycles. The smallest absolute Gasteiger partial charge is 0.232 e. The van der Waals surface area contributed by atoms with Gasteiger partial charge in [0.05, 0.1) is 17.1 Å². The maximum Gasteiger partial charge on any atom is 0.232 e. The molecule has 158 valence electrons. The molecule has 1 amide bonds. The highest BCUT2D eigenvalue weighted by molar-refractivity contribution is 7.99. The fraction of sp³-hybridized carbons (Fsp3) is 0.409. The molecular formula is C22H26N4O3S. The van der Waals surface area contributed by atoms with Crippen LogP contribution in [0.1, 0.15) is 22.7 Å². The second kappa shape index (κ2) is 9.49. The number of piperazine rings is 1. The van der Waals surface area contributed by atoms with Crippen molar-refractivity contribution >= 4 is 17.7 Å². The lowest BCUT2D eigenvalue weighted by Crippen LogP contribution is -2.48. The van der Waals surface area contributed by atoms with Crippen molar-refractivity contribution in [3.63, 3.8) is 0 Å². The third kappa shape index (κ3) is 4.94. The summed E-state index contributed by atoms with van der Waals surface area (Å²) in [6.45, 7) is 7.75. The Labute approximate surface area is 180 Å². The summed E-state index contributed by atoms with van der Waals surface area (Å²) in [6.07, 6.45) is 1.73. The zero-order valence-corrected chi connectivity index (χ0v) is 18.2. The van der Waals surface area contributed by atoms with Gasteiger partial charge in [-0.2, -0.15) is 0 Å².